The van der Waals surface area contributed by atoms with Crippen LogP contribution in [0.1, 0.15) is 23.2 Å². The van der Waals surface area contributed by atoms with Gasteiger partial charge in [-0.2, -0.15) is 4.31 Å². The van der Waals surface area contributed by atoms with Gasteiger partial charge in [0.05, 0.1) is 17.9 Å². The van der Waals surface area contributed by atoms with Crippen molar-refractivity contribution in [3.8, 4) is 0 Å². The molecule has 2 aliphatic heterocycles. The number of amides is 1. The van der Waals surface area contributed by atoms with Gasteiger partial charge in [0.1, 0.15) is 11.6 Å². The first-order valence-corrected chi connectivity index (χ1v) is 10.5. The number of sulfonamides is 1. The zero-order valence-corrected chi connectivity index (χ0v) is 15.5. The molecular weight excluding hydrogens is 364 g/mol. The third kappa shape index (κ3) is 4.21. The molecule has 2 saturated heterocycles. The Morgan fingerprint density at radius 2 is 1.88 bits per heavy atom. The van der Waals surface area contributed by atoms with Crippen LogP contribution in [0.3, 0.4) is 0 Å². The van der Waals surface area contributed by atoms with Crippen LogP contribution < -0.4 is 0 Å². The van der Waals surface area contributed by atoms with Crippen molar-refractivity contribution in [3.05, 3.63) is 35.4 Å². The van der Waals surface area contributed by atoms with Gasteiger partial charge < -0.3 is 9.80 Å². The number of halogens is 2. The van der Waals surface area contributed by atoms with Gasteiger partial charge in [-0.25, -0.2) is 17.2 Å². The highest BCUT2D eigenvalue weighted by atomic mass is 32.2. The zero-order valence-electron chi connectivity index (χ0n) is 14.7. The Labute approximate surface area is 152 Å². The molecule has 6 nitrogen and oxygen atoms in total. The summed E-state index contributed by atoms with van der Waals surface area (Å²) < 4.78 is 52.4. The molecule has 26 heavy (non-hydrogen) atoms. The van der Waals surface area contributed by atoms with Crippen molar-refractivity contribution in [2.45, 2.75) is 18.9 Å². The predicted molar refractivity (Wildman–Crippen MR) is 93.3 cm³/mol. The molecule has 2 heterocycles. The smallest absolute Gasteiger partial charge is 0.256 e. The summed E-state index contributed by atoms with van der Waals surface area (Å²) in [4.78, 5) is 15.9. The van der Waals surface area contributed by atoms with Crippen molar-refractivity contribution in [3.63, 3.8) is 0 Å². The normalized spacial score (nSPS) is 19.2. The van der Waals surface area contributed by atoms with Gasteiger partial charge in [-0.1, -0.05) is 0 Å². The van der Waals surface area contributed by atoms with E-state index in [4.69, 9.17) is 0 Å². The molecule has 0 radical (unpaired) electrons. The van der Waals surface area contributed by atoms with Gasteiger partial charge in [-0.05, 0) is 38.1 Å². The number of benzene rings is 1. The lowest BCUT2D eigenvalue weighted by atomic mass is 10.1. The van der Waals surface area contributed by atoms with Crippen molar-refractivity contribution >= 4 is 15.9 Å². The molecule has 1 amide bonds. The molecule has 0 aromatic heterocycles. The van der Waals surface area contributed by atoms with E-state index in [1.165, 1.54) is 15.5 Å². The van der Waals surface area contributed by atoms with E-state index in [2.05, 4.69) is 4.90 Å². The minimum absolute atomic E-state index is 0.201. The Balaban J connectivity index is 1.60. The van der Waals surface area contributed by atoms with Crippen molar-refractivity contribution in [2.75, 3.05) is 45.5 Å². The highest BCUT2D eigenvalue weighted by molar-refractivity contribution is 7.88. The second kappa shape index (κ2) is 7.58. The van der Waals surface area contributed by atoms with Crippen LogP contribution >= 0.6 is 0 Å². The standard InChI is InChI=1S/C17H23F2N3O3S/c1-26(24,25)22(9-8-20-6-2-3-7-20)14-11-21(12-14)17(23)15-5-4-13(18)10-16(15)19/h4-5,10,14H,2-3,6-9,11-12H2,1H3. The van der Waals surface area contributed by atoms with Crippen LogP contribution in [0.4, 0.5) is 8.78 Å². The summed E-state index contributed by atoms with van der Waals surface area (Å²) in [6.45, 7) is 3.44. The number of rotatable bonds is 6. The molecule has 2 fully saturated rings. The average molecular weight is 387 g/mol. The highest BCUT2D eigenvalue weighted by Gasteiger charge is 2.39. The monoisotopic (exact) mass is 387 g/mol. The molecule has 0 spiro atoms. The van der Waals surface area contributed by atoms with Gasteiger partial charge >= 0.3 is 0 Å². The molecule has 0 bridgehead atoms. The molecule has 0 unspecified atom stereocenters. The minimum Gasteiger partial charge on any atom is -0.335 e. The fourth-order valence-corrected chi connectivity index (χ4v) is 4.59. The number of hydrogen-bond acceptors (Lipinski definition) is 4. The number of hydrogen-bond donors (Lipinski definition) is 0. The van der Waals surface area contributed by atoms with E-state index >= 15 is 0 Å². The fraction of sp³-hybridized carbons (Fsp3) is 0.588. The van der Waals surface area contributed by atoms with E-state index in [1.54, 1.807) is 0 Å². The Bertz CT molecular complexity index is 775. The molecule has 1 aromatic rings. The van der Waals surface area contributed by atoms with Crippen LogP contribution in [0, 0.1) is 11.6 Å². The van der Waals surface area contributed by atoms with Gasteiger partial charge in [0.15, 0.2) is 0 Å². The van der Waals surface area contributed by atoms with E-state index in [0.717, 1.165) is 38.1 Å². The quantitative estimate of drug-likeness (QED) is 0.735. The number of nitrogens with zero attached hydrogens (tertiary/aromatic N) is 3. The van der Waals surface area contributed by atoms with Crippen molar-refractivity contribution < 1.29 is 22.0 Å². The molecule has 9 heteroatoms. The second-order valence-electron chi connectivity index (χ2n) is 6.91. The molecule has 0 aliphatic carbocycles. The lowest BCUT2D eigenvalue weighted by Gasteiger charge is -2.44. The molecular formula is C17H23F2N3O3S. The van der Waals surface area contributed by atoms with Gasteiger partial charge in [0.25, 0.3) is 5.91 Å². The summed E-state index contributed by atoms with van der Waals surface area (Å²) in [7, 11) is -3.40. The van der Waals surface area contributed by atoms with Crippen LogP contribution in [0.5, 0.6) is 0 Å². The van der Waals surface area contributed by atoms with E-state index in [9.17, 15) is 22.0 Å². The van der Waals surface area contributed by atoms with Crippen molar-refractivity contribution in [1.82, 2.24) is 14.1 Å². The van der Waals surface area contributed by atoms with E-state index < -0.39 is 27.6 Å². The molecule has 1 aromatic carbocycles. The maximum absolute atomic E-state index is 13.8. The Hall–Kier alpha value is -1.58. The zero-order chi connectivity index (χ0) is 18.9. The van der Waals surface area contributed by atoms with Crippen LogP contribution in [0.15, 0.2) is 18.2 Å². The van der Waals surface area contributed by atoms with Gasteiger partial charge in [0.2, 0.25) is 10.0 Å². The predicted octanol–water partition coefficient (Wildman–Crippen LogP) is 1.15. The minimum atomic E-state index is -3.40. The summed E-state index contributed by atoms with van der Waals surface area (Å²) in [6.07, 6.45) is 3.43. The first-order chi connectivity index (χ1) is 12.3. The Morgan fingerprint density at radius 1 is 1.23 bits per heavy atom. The summed E-state index contributed by atoms with van der Waals surface area (Å²) in [5, 5.41) is 0. The highest BCUT2D eigenvalue weighted by Crippen LogP contribution is 2.22. The van der Waals surface area contributed by atoms with E-state index in [0.29, 0.717) is 19.2 Å². The maximum atomic E-state index is 13.8. The summed E-state index contributed by atoms with van der Waals surface area (Å²) >= 11 is 0. The molecule has 2 aliphatic rings. The van der Waals surface area contributed by atoms with Crippen LogP contribution in [-0.2, 0) is 10.0 Å². The van der Waals surface area contributed by atoms with E-state index in [-0.39, 0.29) is 24.7 Å². The topological polar surface area (TPSA) is 60.9 Å². The van der Waals surface area contributed by atoms with Gasteiger partial charge in [0, 0.05) is 32.2 Å². The lowest BCUT2D eigenvalue weighted by Crippen LogP contribution is -2.62. The number of likely N-dealkylation sites (tertiary alicyclic amines) is 2. The largest absolute Gasteiger partial charge is 0.335 e. The molecule has 0 atom stereocenters. The second-order valence-corrected chi connectivity index (χ2v) is 8.85. The average Bonchev–Trinajstić information content (AvgIpc) is 3.00. The molecule has 0 N–H and O–H groups in total. The van der Waals surface area contributed by atoms with Crippen molar-refractivity contribution in [1.29, 1.82) is 0 Å². The van der Waals surface area contributed by atoms with Crippen LogP contribution in [0.25, 0.3) is 0 Å². The SMILES string of the molecule is CS(=O)(=O)N(CCN1CCCC1)C1CN(C(=O)c2ccc(F)cc2F)C1. The van der Waals surface area contributed by atoms with Gasteiger partial charge in [-0.3, -0.25) is 4.79 Å². The van der Waals surface area contributed by atoms with Crippen LogP contribution in [-0.4, -0.2) is 80.0 Å². The summed E-state index contributed by atoms with van der Waals surface area (Å²) in [6, 6.07) is 2.51. The van der Waals surface area contributed by atoms with Crippen molar-refractivity contribution in [2.24, 2.45) is 0 Å². The van der Waals surface area contributed by atoms with E-state index in [1.807, 2.05) is 0 Å². The molecule has 144 valence electrons. The molecule has 3 rings (SSSR count). The maximum Gasteiger partial charge on any atom is 0.256 e. The molecule has 0 saturated carbocycles. The van der Waals surface area contributed by atoms with Gasteiger partial charge in [-0.15, -0.1) is 0 Å². The fourth-order valence-electron chi connectivity index (χ4n) is 3.50. The number of carbonyl (C=O) groups is 1. The lowest BCUT2D eigenvalue weighted by molar-refractivity contribution is 0.0439. The first-order valence-electron chi connectivity index (χ1n) is 8.69. The third-order valence-corrected chi connectivity index (χ3v) is 6.31. The summed E-state index contributed by atoms with van der Waals surface area (Å²) in [5.41, 5.74) is -0.201. The van der Waals surface area contributed by atoms with Crippen LogP contribution in [0.2, 0.25) is 0 Å². The number of carbonyl (C=O) groups excluding carboxylic acids is 1. The Morgan fingerprint density at radius 3 is 2.46 bits per heavy atom. The summed E-state index contributed by atoms with van der Waals surface area (Å²) in [5.74, 6) is -2.20. The first kappa shape index (κ1) is 19.2. The Kier molecular flexibility index (Phi) is 5.59. The third-order valence-electron chi connectivity index (χ3n) is 4.98.